The number of furan rings is 1. The van der Waals surface area contributed by atoms with Gasteiger partial charge in [-0.05, 0) is 55.2 Å². The van der Waals surface area contributed by atoms with E-state index in [2.05, 4.69) is 12.2 Å². The number of aromatic nitrogens is 1. The summed E-state index contributed by atoms with van der Waals surface area (Å²) >= 11 is 0. The highest BCUT2D eigenvalue weighted by atomic mass is 32.2. The number of carbonyl (C=O) groups is 2. The molecule has 2 aromatic heterocycles. The summed E-state index contributed by atoms with van der Waals surface area (Å²) in [5.41, 5.74) is 3.70. The Balaban J connectivity index is 1.70. The largest absolute Gasteiger partial charge is 0.481 e. The molecule has 2 unspecified atom stereocenters. The summed E-state index contributed by atoms with van der Waals surface area (Å²) in [4.78, 5) is 29.3. The number of aliphatic carboxylic acids is 1. The van der Waals surface area contributed by atoms with Crippen LogP contribution >= 0.6 is 0 Å². The average Bonchev–Trinajstić information content (AvgIpc) is 3.71. The van der Waals surface area contributed by atoms with Crippen LogP contribution in [0.2, 0.25) is 0 Å². The molecule has 0 bridgehead atoms. The molecule has 0 radical (unpaired) electrons. The van der Waals surface area contributed by atoms with E-state index in [1.54, 1.807) is 17.6 Å². The van der Waals surface area contributed by atoms with Crippen LogP contribution in [0.15, 0.2) is 34.7 Å². The molecule has 1 aromatic carbocycles. The Labute approximate surface area is 231 Å². The van der Waals surface area contributed by atoms with E-state index in [0.717, 1.165) is 30.4 Å². The van der Waals surface area contributed by atoms with Gasteiger partial charge < -0.3 is 19.6 Å². The normalized spacial score (nSPS) is 14.8. The molecular weight excluding hydrogens is 518 g/mol. The third-order valence-corrected chi connectivity index (χ3v) is 8.19. The maximum Gasteiger partial charge on any atom is 0.308 e. The molecule has 39 heavy (non-hydrogen) atoms. The lowest BCUT2D eigenvalue weighted by Gasteiger charge is -2.23. The number of hydrogen-bond donors (Lipinski definition) is 2. The molecule has 0 aliphatic heterocycles. The number of unbranched alkanes of at least 4 members (excludes halogenated alkanes) is 1. The average molecular weight is 556 g/mol. The topological polar surface area (TPSA) is 122 Å². The van der Waals surface area contributed by atoms with E-state index in [-0.39, 0.29) is 18.4 Å². The lowest BCUT2D eigenvalue weighted by molar-refractivity contribution is -0.143. The van der Waals surface area contributed by atoms with Crippen molar-refractivity contribution in [1.82, 2.24) is 10.3 Å². The van der Waals surface area contributed by atoms with Crippen LogP contribution in [0.4, 0.5) is 5.82 Å². The first kappa shape index (κ1) is 28.8. The quantitative estimate of drug-likeness (QED) is 0.271. The third-order valence-electron chi connectivity index (χ3n) is 7.21. The second-order valence-electron chi connectivity index (χ2n) is 9.98. The van der Waals surface area contributed by atoms with Gasteiger partial charge in [0, 0.05) is 32.5 Å². The van der Waals surface area contributed by atoms with Crippen LogP contribution < -0.4 is 9.62 Å². The Bertz CT molecular complexity index is 1350. The molecule has 4 rings (SSSR count). The molecule has 2 N–H and O–H groups in total. The number of nitrogens with zero attached hydrogens (tertiary/aromatic N) is 2. The second-order valence-corrected chi connectivity index (χ2v) is 11.3. The SMILES string of the molecule is CCc1ccc(-c2oc3nc(N(CCCCC(COC)C(=O)O)S(C)=O)c(C4CC4)cc3c2C(=O)NC)cc1. The van der Waals surface area contributed by atoms with Gasteiger partial charge in [-0.3, -0.25) is 13.9 Å². The van der Waals surface area contributed by atoms with Crippen LogP contribution in [0.1, 0.15) is 66.4 Å². The standard InChI is InChI=1S/C29H37N3O6S/c1-5-18-9-11-20(12-10-18)25-24(27(33)30-2)23-16-22(19-13-14-19)26(31-28(23)38-25)32(39(4)36)15-7-6-8-21(17-37-3)29(34)35/h9-12,16,19,21H,5-8,13-15,17H2,1-4H3,(H,30,33)(H,34,35). The van der Waals surface area contributed by atoms with Gasteiger partial charge in [-0.15, -0.1) is 0 Å². The number of rotatable bonds is 14. The van der Waals surface area contributed by atoms with Gasteiger partial charge in [-0.25, -0.2) is 4.21 Å². The zero-order valence-electron chi connectivity index (χ0n) is 23.0. The fourth-order valence-electron chi connectivity index (χ4n) is 4.85. The third kappa shape index (κ3) is 6.50. The van der Waals surface area contributed by atoms with Gasteiger partial charge in [0.1, 0.15) is 22.6 Å². The molecule has 1 aliphatic rings. The number of hydrogen-bond acceptors (Lipinski definition) is 6. The fraction of sp³-hybridized carbons (Fsp3) is 0.483. The van der Waals surface area contributed by atoms with Crippen molar-refractivity contribution < 1.29 is 28.1 Å². The first-order chi connectivity index (χ1) is 18.8. The van der Waals surface area contributed by atoms with Crippen molar-refractivity contribution in [2.45, 2.75) is 51.4 Å². The number of anilines is 1. The molecular formula is C29H37N3O6S. The summed E-state index contributed by atoms with van der Waals surface area (Å²) in [5.74, 6) is -0.354. The summed E-state index contributed by atoms with van der Waals surface area (Å²) in [6.45, 7) is 2.71. The summed E-state index contributed by atoms with van der Waals surface area (Å²) in [7, 11) is 1.73. The van der Waals surface area contributed by atoms with Gasteiger partial charge >= 0.3 is 5.97 Å². The Kier molecular flexibility index (Phi) is 9.40. The van der Waals surface area contributed by atoms with Crippen LogP contribution in [0, 0.1) is 5.92 Å². The minimum atomic E-state index is -1.36. The van der Waals surface area contributed by atoms with E-state index < -0.39 is 22.9 Å². The highest BCUT2D eigenvalue weighted by Crippen LogP contribution is 2.46. The molecule has 3 aromatic rings. The number of methoxy groups -OCH3 is 1. The number of amides is 1. The number of pyridine rings is 1. The summed E-state index contributed by atoms with van der Waals surface area (Å²) in [6, 6.07) is 9.93. The van der Waals surface area contributed by atoms with Crippen molar-refractivity contribution in [2.24, 2.45) is 5.92 Å². The Morgan fingerprint density at radius 3 is 2.54 bits per heavy atom. The predicted molar refractivity (Wildman–Crippen MR) is 152 cm³/mol. The molecule has 1 saturated carbocycles. The van der Waals surface area contributed by atoms with Gasteiger partial charge in [-0.2, -0.15) is 4.98 Å². The van der Waals surface area contributed by atoms with Crippen molar-refractivity contribution in [3.63, 3.8) is 0 Å². The zero-order chi connectivity index (χ0) is 28.1. The Morgan fingerprint density at radius 1 is 1.26 bits per heavy atom. The number of carboxylic acids is 1. The molecule has 210 valence electrons. The molecule has 10 heteroatoms. The van der Waals surface area contributed by atoms with Crippen LogP contribution in [-0.4, -0.2) is 59.7 Å². The van der Waals surface area contributed by atoms with Crippen molar-refractivity contribution in [3.05, 3.63) is 47.0 Å². The fourth-order valence-corrected chi connectivity index (χ4v) is 5.63. The van der Waals surface area contributed by atoms with E-state index in [9.17, 15) is 18.9 Å². The predicted octanol–water partition coefficient (Wildman–Crippen LogP) is 4.91. The summed E-state index contributed by atoms with van der Waals surface area (Å²) in [5, 5.41) is 12.8. The van der Waals surface area contributed by atoms with E-state index >= 15 is 0 Å². The number of ether oxygens (including phenoxy) is 1. The smallest absolute Gasteiger partial charge is 0.308 e. The minimum Gasteiger partial charge on any atom is -0.481 e. The van der Waals surface area contributed by atoms with Crippen molar-refractivity contribution >= 4 is 39.8 Å². The number of carboxylic acid groups (broad SMARTS) is 1. The lowest BCUT2D eigenvalue weighted by Crippen LogP contribution is -2.28. The Hall–Kier alpha value is -3.24. The van der Waals surface area contributed by atoms with E-state index in [4.69, 9.17) is 14.1 Å². The maximum atomic E-state index is 13.0. The number of benzene rings is 1. The van der Waals surface area contributed by atoms with Crippen LogP contribution in [0.3, 0.4) is 0 Å². The van der Waals surface area contributed by atoms with Crippen molar-refractivity contribution in [2.75, 3.05) is 37.9 Å². The summed E-state index contributed by atoms with van der Waals surface area (Å²) < 4.78 is 25.9. The molecule has 1 amide bonds. The lowest BCUT2D eigenvalue weighted by atomic mass is 10.0. The molecule has 0 spiro atoms. The molecule has 2 atom stereocenters. The van der Waals surface area contributed by atoms with Crippen LogP contribution in [0.25, 0.3) is 22.4 Å². The highest BCUT2D eigenvalue weighted by Gasteiger charge is 2.33. The number of aryl methyl sites for hydroxylation is 1. The minimum absolute atomic E-state index is 0.165. The van der Waals surface area contributed by atoms with Gasteiger partial charge in [0.2, 0.25) is 5.71 Å². The number of nitrogens with one attached hydrogen (secondary N) is 1. The highest BCUT2D eigenvalue weighted by molar-refractivity contribution is 7.85. The molecule has 1 fully saturated rings. The van der Waals surface area contributed by atoms with Gasteiger partial charge in [0.05, 0.1) is 23.5 Å². The van der Waals surface area contributed by atoms with Gasteiger partial charge in [-0.1, -0.05) is 37.6 Å². The molecule has 9 nitrogen and oxygen atoms in total. The Morgan fingerprint density at radius 2 is 1.97 bits per heavy atom. The number of carbonyl (C=O) groups excluding carboxylic acids is 1. The van der Waals surface area contributed by atoms with Crippen LogP contribution in [0.5, 0.6) is 0 Å². The molecule has 2 heterocycles. The number of fused-ring (bicyclic) bond motifs is 1. The molecule has 0 saturated heterocycles. The van der Waals surface area contributed by atoms with Crippen molar-refractivity contribution in [3.8, 4) is 11.3 Å². The van der Waals surface area contributed by atoms with E-state index in [1.165, 1.54) is 12.7 Å². The maximum absolute atomic E-state index is 13.0. The zero-order valence-corrected chi connectivity index (χ0v) is 23.8. The monoisotopic (exact) mass is 555 g/mol. The summed E-state index contributed by atoms with van der Waals surface area (Å²) in [6.07, 6.45) is 6.30. The second kappa shape index (κ2) is 12.7. The molecule has 1 aliphatic carbocycles. The first-order valence-corrected chi connectivity index (χ1v) is 14.9. The van der Waals surface area contributed by atoms with E-state index in [0.29, 0.717) is 54.0 Å². The van der Waals surface area contributed by atoms with Gasteiger partial charge in [0.25, 0.3) is 5.91 Å². The van der Waals surface area contributed by atoms with Gasteiger partial charge in [0.15, 0.2) is 0 Å². The van der Waals surface area contributed by atoms with E-state index in [1.807, 2.05) is 30.3 Å². The van der Waals surface area contributed by atoms with Crippen LogP contribution in [-0.2, 0) is 26.9 Å². The van der Waals surface area contributed by atoms with Crippen molar-refractivity contribution in [1.29, 1.82) is 0 Å². The first-order valence-electron chi connectivity index (χ1n) is 13.4.